The molecule has 3 nitrogen and oxygen atoms in total. The predicted molar refractivity (Wildman–Crippen MR) is 66.3 cm³/mol. The van der Waals surface area contributed by atoms with Crippen molar-refractivity contribution in [3.05, 3.63) is 0 Å². The minimum absolute atomic E-state index is 0.0203. The molecule has 4 heteroatoms. The lowest BCUT2D eigenvalue weighted by molar-refractivity contribution is 0.388. The summed E-state index contributed by atoms with van der Waals surface area (Å²) in [5.41, 5.74) is 0. The Hall–Kier alpha value is -0.0900. The van der Waals surface area contributed by atoms with Crippen LogP contribution in [0.15, 0.2) is 0 Å². The van der Waals surface area contributed by atoms with E-state index in [1.54, 1.807) is 0 Å². The maximum atomic E-state index is 12.4. The fourth-order valence-corrected chi connectivity index (χ4v) is 5.73. The van der Waals surface area contributed by atoms with Gasteiger partial charge in [0.05, 0.1) is 10.5 Å². The van der Waals surface area contributed by atoms with Crippen LogP contribution < -0.4 is 5.32 Å². The molecule has 0 amide bonds. The third kappa shape index (κ3) is 2.43. The molecule has 0 aromatic heterocycles. The Labute approximate surface area is 98.9 Å². The second-order valence-corrected chi connectivity index (χ2v) is 7.78. The first-order valence-electron chi connectivity index (χ1n) is 6.54. The van der Waals surface area contributed by atoms with Gasteiger partial charge < -0.3 is 5.32 Å². The molecule has 2 unspecified atom stereocenters. The molecule has 1 N–H and O–H groups in total. The van der Waals surface area contributed by atoms with E-state index in [2.05, 4.69) is 5.32 Å². The van der Waals surface area contributed by atoms with E-state index in [9.17, 15) is 8.42 Å². The second-order valence-electron chi connectivity index (χ2n) is 5.27. The zero-order valence-corrected chi connectivity index (χ0v) is 10.9. The van der Waals surface area contributed by atoms with Gasteiger partial charge in [0, 0.05) is 6.04 Å². The van der Waals surface area contributed by atoms with E-state index in [4.69, 9.17) is 0 Å². The van der Waals surface area contributed by atoms with Crippen molar-refractivity contribution >= 4 is 9.84 Å². The first-order valence-corrected chi connectivity index (χ1v) is 8.15. The molecule has 0 aromatic carbocycles. The van der Waals surface area contributed by atoms with Crippen molar-refractivity contribution in [1.82, 2.24) is 5.32 Å². The van der Waals surface area contributed by atoms with Crippen LogP contribution in [0.4, 0.5) is 0 Å². The van der Waals surface area contributed by atoms with Crippen molar-refractivity contribution in [3.63, 3.8) is 0 Å². The van der Waals surface area contributed by atoms with Gasteiger partial charge in [-0.05, 0) is 39.2 Å². The smallest absolute Gasteiger partial charge is 0.156 e. The normalized spacial score (nSPS) is 33.1. The molecule has 0 radical (unpaired) electrons. The lowest BCUT2D eigenvalue weighted by atomic mass is 9.95. The summed E-state index contributed by atoms with van der Waals surface area (Å²) < 4.78 is 24.8. The van der Waals surface area contributed by atoms with E-state index in [1.807, 2.05) is 7.05 Å². The van der Waals surface area contributed by atoms with E-state index in [1.165, 1.54) is 0 Å². The Morgan fingerprint density at radius 3 is 2.19 bits per heavy atom. The van der Waals surface area contributed by atoms with E-state index in [0.717, 1.165) is 51.4 Å². The standard InChI is InChI=1S/C12H23NO2S/c1-13-10-5-4-8-12(9-10)16(14,15)11-6-2-3-7-11/h10-13H,2-9H2,1H3. The Morgan fingerprint density at radius 1 is 0.938 bits per heavy atom. The third-order valence-electron chi connectivity index (χ3n) is 4.27. The van der Waals surface area contributed by atoms with Gasteiger partial charge in [0.1, 0.15) is 0 Å². The van der Waals surface area contributed by atoms with Gasteiger partial charge in [-0.1, -0.05) is 19.3 Å². The predicted octanol–water partition coefficient (Wildman–Crippen LogP) is 1.87. The van der Waals surface area contributed by atoms with Gasteiger partial charge in [0.25, 0.3) is 0 Å². The van der Waals surface area contributed by atoms with Crippen LogP contribution in [-0.2, 0) is 9.84 Å². The summed E-state index contributed by atoms with van der Waals surface area (Å²) in [4.78, 5) is 0. The summed E-state index contributed by atoms with van der Waals surface area (Å²) in [7, 11) is -0.905. The Balaban J connectivity index is 2.04. The van der Waals surface area contributed by atoms with Crippen molar-refractivity contribution in [3.8, 4) is 0 Å². The molecule has 0 heterocycles. The highest BCUT2D eigenvalue weighted by atomic mass is 32.2. The van der Waals surface area contributed by atoms with E-state index < -0.39 is 9.84 Å². The van der Waals surface area contributed by atoms with Crippen LogP contribution in [-0.4, -0.2) is 32.0 Å². The van der Waals surface area contributed by atoms with Crippen LogP contribution in [0.5, 0.6) is 0 Å². The lowest BCUT2D eigenvalue weighted by Gasteiger charge is -2.30. The SMILES string of the molecule is CNC1CCCC(S(=O)(=O)C2CCCC2)C1. The first kappa shape index (κ1) is 12.4. The van der Waals surface area contributed by atoms with E-state index in [0.29, 0.717) is 6.04 Å². The van der Waals surface area contributed by atoms with E-state index >= 15 is 0 Å². The van der Waals surface area contributed by atoms with Crippen LogP contribution in [0.2, 0.25) is 0 Å². The van der Waals surface area contributed by atoms with Gasteiger partial charge in [0.2, 0.25) is 0 Å². The molecule has 0 saturated heterocycles. The van der Waals surface area contributed by atoms with Gasteiger partial charge in [-0.3, -0.25) is 0 Å². The number of nitrogens with one attached hydrogen (secondary N) is 1. The van der Waals surface area contributed by atoms with Gasteiger partial charge in [-0.15, -0.1) is 0 Å². The van der Waals surface area contributed by atoms with Crippen LogP contribution in [0.25, 0.3) is 0 Å². The molecule has 0 bridgehead atoms. The fourth-order valence-electron chi connectivity index (χ4n) is 3.19. The van der Waals surface area contributed by atoms with Gasteiger partial charge in [-0.25, -0.2) is 8.42 Å². The number of rotatable bonds is 3. The Morgan fingerprint density at radius 2 is 1.56 bits per heavy atom. The molecule has 2 aliphatic rings. The van der Waals surface area contributed by atoms with Crippen LogP contribution in [0, 0.1) is 0 Å². The monoisotopic (exact) mass is 245 g/mol. The van der Waals surface area contributed by atoms with Crippen LogP contribution in [0.1, 0.15) is 51.4 Å². The van der Waals surface area contributed by atoms with Crippen molar-refractivity contribution < 1.29 is 8.42 Å². The second kappa shape index (κ2) is 5.05. The first-order chi connectivity index (χ1) is 7.64. The Kier molecular flexibility index (Phi) is 3.90. The van der Waals surface area contributed by atoms with Crippen molar-refractivity contribution in [2.75, 3.05) is 7.05 Å². The fraction of sp³-hybridized carbons (Fsp3) is 1.00. The molecule has 2 saturated carbocycles. The molecular weight excluding hydrogens is 222 g/mol. The van der Waals surface area contributed by atoms with Crippen molar-refractivity contribution in [2.45, 2.75) is 67.9 Å². The number of sulfone groups is 1. The quantitative estimate of drug-likeness (QED) is 0.825. The average Bonchev–Trinajstić information content (AvgIpc) is 2.83. The number of hydrogen-bond acceptors (Lipinski definition) is 3. The maximum Gasteiger partial charge on any atom is 0.156 e. The minimum atomic E-state index is -2.84. The largest absolute Gasteiger partial charge is 0.317 e. The van der Waals surface area contributed by atoms with Gasteiger partial charge >= 0.3 is 0 Å². The summed E-state index contributed by atoms with van der Waals surface area (Å²) >= 11 is 0. The van der Waals surface area contributed by atoms with E-state index in [-0.39, 0.29) is 10.5 Å². The molecule has 2 rings (SSSR count). The molecule has 0 aromatic rings. The summed E-state index contributed by atoms with van der Waals surface area (Å²) in [6, 6.07) is 0.412. The molecule has 0 aliphatic heterocycles. The topological polar surface area (TPSA) is 46.2 Å². The highest BCUT2D eigenvalue weighted by Crippen LogP contribution is 2.33. The zero-order chi connectivity index (χ0) is 11.6. The molecule has 2 atom stereocenters. The molecule has 16 heavy (non-hydrogen) atoms. The summed E-state index contributed by atoms with van der Waals surface area (Å²) in [5, 5.41) is 3.14. The molecule has 2 aliphatic carbocycles. The molecule has 0 spiro atoms. The van der Waals surface area contributed by atoms with Crippen LogP contribution >= 0.6 is 0 Å². The summed E-state index contributed by atoms with van der Waals surface area (Å²) in [5.74, 6) is 0. The Bertz CT molecular complexity index is 320. The minimum Gasteiger partial charge on any atom is -0.317 e. The summed E-state index contributed by atoms with van der Waals surface area (Å²) in [6.07, 6.45) is 7.92. The molecule has 2 fully saturated rings. The molecule has 94 valence electrons. The van der Waals surface area contributed by atoms with Crippen LogP contribution in [0.3, 0.4) is 0 Å². The highest BCUT2D eigenvalue weighted by molar-refractivity contribution is 7.92. The average molecular weight is 245 g/mol. The number of hydrogen-bond donors (Lipinski definition) is 1. The third-order valence-corrected chi connectivity index (χ3v) is 7.02. The van der Waals surface area contributed by atoms with Crippen molar-refractivity contribution in [2.24, 2.45) is 0 Å². The molecular formula is C12H23NO2S. The van der Waals surface area contributed by atoms with Gasteiger partial charge in [-0.2, -0.15) is 0 Å². The lowest BCUT2D eigenvalue weighted by Crippen LogP contribution is -2.40. The summed E-state index contributed by atoms with van der Waals surface area (Å²) in [6.45, 7) is 0. The van der Waals surface area contributed by atoms with Gasteiger partial charge in [0.15, 0.2) is 9.84 Å². The zero-order valence-electron chi connectivity index (χ0n) is 10.1. The maximum absolute atomic E-state index is 12.4. The van der Waals surface area contributed by atoms with Crippen molar-refractivity contribution in [1.29, 1.82) is 0 Å². The highest BCUT2D eigenvalue weighted by Gasteiger charge is 2.37.